The fourth-order valence-electron chi connectivity index (χ4n) is 2.66. The van der Waals surface area contributed by atoms with Crippen molar-refractivity contribution in [1.29, 1.82) is 0 Å². The van der Waals surface area contributed by atoms with Gasteiger partial charge in [0.05, 0.1) is 0 Å². The van der Waals surface area contributed by atoms with E-state index in [9.17, 15) is 9.59 Å². The van der Waals surface area contributed by atoms with Crippen molar-refractivity contribution >= 4 is 29.2 Å². The summed E-state index contributed by atoms with van der Waals surface area (Å²) in [5, 5.41) is 6.13. The first kappa shape index (κ1) is 14.2. The lowest BCUT2D eigenvalue weighted by Gasteiger charge is -2.15. The maximum atomic E-state index is 11.8. The Morgan fingerprint density at radius 2 is 2.19 bits per heavy atom. The van der Waals surface area contributed by atoms with Gasteiger partial charge in [0.25, 0.3) is 0 Å². The Labute approximate surface area is 128 Å². The van der Waals surface area contributed by atoms with Gasteiger partial charge in [0.15, 0.2) is 0 Å². The Morgan fingerprint density at radius 3 is 2.90 bits per heavy atom. The summed E-state index contributed by atoms with van der Waals surface area (Å²) in [6.07, 6.45) is 2.79. The van der Waals surface area contributed by atoms with Gasteiger partial charge in [0, 0.05) is 42.2 Å². The van der Waals surface area contributed by atoms with E-state index < -0.39 is 0 Å². The SMILES string of the molecule is O=C(NCC1CC(=O)N(C2CC2)C1)Nc1cccc(Cl)c1. The lowest BCUT2D eigenvalue weighted by atomic mass is 10.1. The van der Waals surface area contributed by atoms with E-state index in [0.717, 1.165) is 19.4 Å². The average molecular weight is 308 g/mol. The molecule has 1 heterocycles. The molecule has 5 nitrogen and oxygen atoms in total. The van der Waals surface area contributed by atoms with Crippen LogP contribution in [0.5, 0.6) is 0 Å². The van der Waals surface area contributed by atoms with E-state index in [1.165, 1.54) is 0 Å². The lowest BCUT2D eigenvalue weighted by molar-refractivity contribution is -0.128. The van der Waals surface area contributed by atoms with Crippen LogP contribution < -0.4 is 10.6 Å². The molecule has 0 radical (unpaired) electrons. The molecule has 0 bridgehead atoms. The summed E-state index contributed by atoms with van der Waals surface area (Å²) in [6.45, 7) is 1.28. The van der Waals surface area contributed by atoms with E-state index in [1.54, 1.807) is 24.3 Å². The molecule has 2 N–H and O–H groups in total. The summed E-state index contributed by atoms with van der Waals surface area (Å²) in [7, 11) is 0. The molecule has 1 atom stereocenters. The Balaban J connectivity index is 1.45. The standard InChI is InChI=1S/C15H18ClN3O2/c16-11-2-1-3-12(7-11)18-15(21)17-8-10-6-14(20)19(9-10)13-4-5-13/h1-3,7,10,13H,4-6,8-9H2,(H2,17,18,21). The number of nitrogens with one attached hydrogen (secondary N) is 2. The molecule has 6 heteroatoms. The van der Waals surface area contributed by atoms with Crippen molar-refractivity contribution in [3.05, 3.63) is 29.3 Å². The molecule has 1 aliphatic carbocycles. The number of hydrogen-bond donors (Lipinski definition) is 2. The summed E-state index contributed by atoms with van der Waals surface area (Å²) < 4.78 is 0. The van der Waals surface area contributed by atoms with Crippen LogP contribution >= 0.6 is 11.6 Å². The first-order chi connectivity index (χ1) is 10.1. The number of hydrogen-bond acceptors (Lipinski definition) is 2. The molecular weight excluding hydrogens is 290 g/mol. The Bertz CT molecular complexity index is 560. The van der Waals surface area contributed by atoms with Gasteiger partial charge in [-0.3, -0.25) is 4.79 Å². The molecule has 3 rings (SSSR count). The number of anilines is 1. The second kappa shape index (κ2) is 5.93. The van der Waals surface area contributed by atoms with Gasteiger partial charge in [-0.15, -0.1) is 0 Å². The lowest BCUT2D eigenvalue weighted by Crippen LogP contribution is -2.34. The number of carbonyl (C=O) groups excluding carboxylic acids is 2. The predicted molar refractivity (Wildman–Crippen MR) is 81.3 cm³/mol. The number of rotatable bonds is 4. The third-order valence-corrected chi connectivity index (χ3v) is 4.10. The summed E-state index contributed by atoms with van der Waals surface area (Å²) in [6, 6.07) is 7.19. The molecule has 112 valence electrons. The highest BCUT2D eigenvalue weighted by Gasteiger charge is 2.39. The largest absolute Gasteiger partial charge is 0.339 e. The van der Waals surface area contributed by atoms with E-state index in [2.05, 4.69) is 10.6 Å². The minimum absolute atomic E-state index is 0.211. The molecule has 1 aliphatic heterocycles. The van der Waals surface area contributed by atoms with Crippen LogP contribution in [-0.4, -0.2) is 36.0 Å². The number of carbonyl (C=O) groups is 2. The number of benzene rings is 1. The summed E-state index contributed by atoms with van der Waals surface area (Å²) in [4.78, 5) is 25.6. The van der Waals surface area contributed by atoms with Crippen molar-refractivity contribution in [2.75, 3.05) is 18.4 Å². The van der Waals surface area contributed by atoms with E-state index in [4.69, 9.17) is 11.6 Å². The predicted octanol–water partition coefficient (Wildman–Crippen LogP) is 2.47. The second-order valence-corrected chi connectivity index (χ2v) is 6.13. The van der Waals surface area contributed by atoms with Crippen molar-refractivity contribution in [2.45, 2.75) is 25.3 Å². The van der Waals surface area contributed by atoms with Crippen LogP contribution in [0.2, 0.25) is 5.02 Å². The van der Waals surface area contributed by atoms with Crippen LogP contribution in [0.15, 0.2) is 24.3 Å². The Hall–Kier alpha value is -1.75. The Kier molecular flexibility index (Phi) is 4.01. The quantitative estimate of drug-likeness (QED) is 0.897. The highest BCUT2D eigenvalue weighted by atomic mass is 35.5. The maximum absolute atomic E-state index is 11.8. The van der Waals surface area contributed by atoms with Gasteiger partial charge in [-0.25, -0.2) is 4.79 Å². The van der Waals surface area contributed by atoms with Gasteiger partial charge in [-0.05, 0) is 31.0 Å². The van der Waals surface area contributed by atoms with Gasteiger partial charge in [-0.2, -0.15) is 0 Å². The zero-order chi connectivity index (χ0) is 14.8. The average Bonchev–Trinajstić information content (AvgIpc) is 3.20. The fraction of sp³-hybridized carbons (Fsp3) is 0.467. The molecular formula is C15H18ClN3O2. The molecule has 21 heavy (non-hydrogen) atoms. The smallest absolute Gasteiger partial charge is 0.319 e. The Morgan fingerprint density at radius 1 is 1.38 bits per heavy atom. The second-order valence-electron chi connectivity index (χ2n) is 5.69. The van der Waals surface area contributed by atoms with E-state index >= 15 is 0 Å². The highest BCUT2D eigenvalue weighted by Crippen LogP contribution is 2.32. The zero-order valence-corrected chi connectivity index (χ0v) is 12.4. The van der Waals surface area contributed by atoms with Crippen molar-refractivity contribution in [3.8, 4) is 0 Å². The number of halogens is 1. The molecule has 2 fully saturated rings. The van der Waals surface area contributed by atoms with E-state index in [-0.39, 0.29) is 17.9 Å². The normalized spacial score (nSPS) is 21.5. The molecule has 0 aromatic heterocycles. The molecule has 1 saturated heterocycles. The van der Waals surface area contributed by atoms with Crippen LogP contribution in [0.1, 0.15) is 19.3 Å². The van der Waals surface area contributed by atoms with Crippen molar-refractivity contribution in [1.82, 2.24) is 10.2 Å². The third kappa shape index (κ3) is 3.67. The van der Waals surface area contributed by atoms with Crippen molar-refractivity contribution in [3.63, 3.8) is 0 Å². The van der Waals surface area contributed by atoms with Gasteiger partial charge in [0.2, 0.25) is 5.91 Å². The topological polar surface area (TPSA) is 61.4 Å². The molecule has 2 aliphatic rings. The van der Waals surface area contributed by atoms with Gasteiger partial charge in [0.1, 0.15) is 0 Å². The summed E-state index contributed by atoms with van der Waals surface area (Å²) in [5.74, 6) is 0.433. The minimum atomic E-state index is -0.269. The van der Waals surface area contributed by atoms with Crippen molar-refractivity contribution in [2.24, 2.45) is 5.92 Å². The number of urea groups is 1. The first-order valence-corrected chi connectivity index (χ1v) is 7.59. The highest BCUT2D eigenvalue weighted by molar-refractivity contribution is 6.30. The third-order valence-electron chi connectivity index (χ3n) is 3.86. The van der Waals surface area contributed by atoms with E-state index in [0.29, 0.717) is 29.7 Å². The molecule has 3 amide bonds. The minimum Gasteiger partial charge on any atom is -0.339 e. The van der Waals surface area contributed by atoms with Crippen LogP contribution in [0.4, 0.5) is 10.5 Å². The number of amides is 3. The maximum Gasteiger partial charge on any atom is 0.319 e. The van der Waals surface area contributed by atoms with Crippen molar-refractivity contribution < 1.29 is 9.59 Å². The van der Waals surface area contributed by atoms with E-state index in [1.807, 2.05) is 4.90 Å². The summed E-state index contributed by atoms with van der Waals surface area (Å²) >= 11 is 5.86. The van der Waals surface area contributed by atoms with Gasteiger partial charge in [-0.1, -0.05) is 17.7 Å². The van der Waals surface area contributed by atoms with Crippen LogP contribution in [-0.2, 0) is 4.79 Å². The van der Waals surface area contributed by atoms with Crippen LogP contribution in [0, 0.1) is 5.92 Å². The first-order valence-electron chi connectivity index (χ1n) is 7.21. The van der Waals surface area contributed by atoms with Gasteiger partial charge >= 0.3 is 6.03 Å². The van der Waals surface area contributed by atoms with Crippen LogP contribution in [0.3, 0.4) is 0 Å². The van der Waals surface area contributed by atoms with Crippen LogP contribution in [0.25, 0.3) is 0 Å². The molecule has 0 spiro atoms. The molecule has 1 saturated carbocycles. The molecule has 1 unspecified atom stereocenters. The molecule has 1 aromatic rings. The number of likely N-dealkylation sites (tertiary alicyclic amines) is 1. The molecule has 1 aromatic carbocycles. The zero-order valence-electron chi connectivity index (χ0n) is 11.6. The fourth-order valence-corrected chi connectivity index (χ4v) is 2.85. The number of nitrogens with zero attached hydrogens (tertiary/aromatic N) is 1. The summed E-state index contributed by atoms with van der Waals surface area (Å²) in [5.41, 5.74) is 0.655. The monoisotopic (exact) mass is 307 g/mol. The van der Waals surface area contributed by atoms with Gasteiger partial charge < -0.3 is 15.5 Å².